The Balaban J connectivity index is 2.75. The molecule has 0 aliphatic carbocycles. The van der Waals surface area contributed by atoms with E-state index in [9.17, 15) is 22.4 Å². The van der Waals surface area contributed by atoms with E-state index in [1.165, 1.54) is 12.1 Å². The van der Waals surface area contributed by atoms with Crippen molar-refractivity contribution >= 4 is 5.97 Å². The first-order chi connectivity index (χ1) is 9.30. The van der Waals surface area contributed by atoms with Gasteiger partial charge in [-0.2, -0.15) is 13.2 Å². The largest absolute Gasteiger partial charge is 0.478 e. The van der Waals surface area contributed by atoms with Gasteiger partial charge >= 0.3 is 12.1 Å². The Morgan fingerprint density at radius 2 is 1.65 bits per heavy atom. The highest BCUT2D eigenvalue weighted by atomic mass is 19.4. The van der Waals surface area contributed by atoms with E-state index in [1.54, 1.807) is 0 Å². The lowest BCUT2D eigenvalue weighted by atomic mass is 9.95. The molecule has 0 amide bonds. The van der Waals surface area contributed by atoms with Crippen molar-refractivity contribution in [1.82, 2.24) is 0 Å². The molecule has 0 atom stereocenters. The van der Waals surface area contributed by atoms with E-state index >= 15 is 0 Å². The lowest BCUT2D eigenvalue weighted by molar-refractivity contribution is -0.137. The Hall–Kier alpha value is -2.37. The van der Waals surface area contributed by atoms with Crippen LogP contribution in [0.15, 0.2) is 42.5 Å². The number of hydrogen-bond acceptors (Lipinski definition) is 1. The van der Waals surface area contributed by atoms with Crippen LogP contribution in [0.4, 0.5) is 17.6 Å². The van der Waals surface area contributed by atoms with Crippen molar-refractivity contribution in [2.45, 2.75) is 6.18 Å². The number of aromatic carboxylic acids is 1. The second kappa shape index (κ2) is 4.96. The van der Waals surface area contributed by atoms with E-state index in [4.69, 9.17) is 5.11 Å². The number of carboxylic acid groups (broad SMARTS) is 1. The summed E-state index contributed by atoms with van der Waals surface area (Å²) in [5.74, 6) is -2.22. The maximum Gasteiger partial charge on any atom is 0.417 e. The number of benzene rings is 2. The van der Waals surface area contributed by atoms with Crippen LogP contribution in [0.25, 0.3) is 11.1 Å². The van der Waals surface area contributed by atoms with E-state index < -0.39 is 23.5 Å². The first kappa shape index (κ1) is 14.0. The van der Waals surface area contributed by atoms with Gasteiger partial charge in [0, 0.05) is 0 Å². The Kier molecular flexibility index (Phi) is 3.48. The topological polar surface area (TPSA) is 37.3 Å². The SMILES string of the molecule is O=C(O)c1ccc(F)cc1-c1ccccc1C(F)(F)F. The van der Waals surface area contributed by atoms with Gasteiger partial charge in [0.25, 0.3) is 0 Å². The molecule has 104 valence electrons. The maximum absolute atomic E-state index is 13.3. The zero-order chi connectivity index (χ0) is 14.9. The molecule has 0 saturated heterocycles. The van der Waals surface area contributed by atoms with Crippen LogP contribution >= 0.6 is 0 Å². The average molecular weight is 284 g/mol. The standard InChI is InChI=1S/C14H8F4O2/c15-8-5-6-10(13(19)20)11(7-8)9-3-1-2-4-12(9)14(16,17)18/h1-7H,(H,19,20). The van der Waals surface area contributed by atoms with Crippen LogP contribution in [0.3, 0.4) is 0 Å². The third-order valence-corrected chi connectivity index (χ3v) is 2.73. The third kappa shape index (κ3) is 2.64. The molecule has 0 spiro atoms. The molecule has 0 aliphatic rings. The lowest BCUT2D eigenvalue weighted by Crippen LogP contribution is -2.09. The summed E-state index contributed by atoms with van der Waals surface area (Å²) in [4.78, 5) is 11.1. The molecule has 0 heterocycles. The first-order valence-corrected chi connectivity index (χ1v) is 5.50. The summed E-state index contributed by atoms with van der Waals surface area (Å²) in [5, 5.41) is 9.01. The van der Waals surface area contributed by atoms with Crippen LogP contribution in [0.1, 0.15) is 15.9 Å². The minimum absolute atomic E-state index is 0.301. The van der Waals surface area contributed by atoms with Gasteiger partial charge in [0.05, 0.1) is 11.1 Å². The van der Waals surface area contributed by atoms with Crippen molar-refractivity contribution < 1.29 is 27.5 Å². The van der Waals surface area contributed by atoms with Gasteiger partial charge < -0.3 is 5.11 Å². The highest BCUT2D eigenvalue weighted by Gasteiger charge is 2.34. The number of alkyl halides is 3. The highest BCUT2D eigenvalue weighted by Crippen LogP contribution is 2.38. The van der Waals surface area contributed by atoms with Crippen molar-refractivity contribution in [3.63, 3.8) is 0 Å². The predicted octanol–water partition coefficient (Wildman–Crippen LogP) is 4.21. The summed E-state index contributed by atoms with van der Waals surface area (Å²) < 4.78 is 52.0. The molecule has 0 fully saturated rings. The van der Waals surface area contributed by atoms with E-state index in [1.807, 2.05) is 0 Å². The van der Waals surface area contributed by atoms with Crippen molar-refractivity contribution in [3.05, 3.63) is 59.4 Å². The number of carboxylic acids is 1. The normalized spacial score (nSPS) is 11.4. The minimum atomic E-state index is -4.65. The fourth-order valence-electron chi connectivity index (χ4n) is 1.89. The van der Waals surface area contributed by atoms with Crippen molar-refractivity contribution in [3.8, 4) is 11.1 Å². The molecule has 0 aromatic heterocycles. The van der Waals surface area contributed by atoms with Crippen LogP contribution in [-0.4, -0.2) is 11.1 Å². The maximum atomic E-state index is 13.3. The summed E-state index contributed by atoms with van der Waals surface area (Å²) in [7, 11) is 0. The Bertz CT molecular complexity index is 662. The molecule has 0 aliphatic heterocycles. The molecule has 0 saturated carbocycles. The van der Waals surface area contributed by atoms with E-state index in [0.29, 0.717) is 0 Å². The fraction of sp³-hybridized carbons (Fsp3) is 0.0714. The minimum Gasteiger partial charge on any atom is -0.478 e. The van der Waals surface area contributed by atoms with Gasteiger partial charge in [-0.05, 0) is 35.4 Å². The van der Waals surface area contributed by atoms with Gasteiger partial charge in [-0.1, -0.05) is 18.2 Å². The number of hydrogen-bond donors (Lipinski definition) is 1. The molecule has 0 radical (unpaired) electrons. The number of rotatable bonds is 2. The van der Waals surface area contributed by atoms with Crippen molar-refractivity contribution in [2.75, 3.05) is 0 Å². The van der Waals surface area contributed by atoms with Crippen LogP contribution in [0, 0.1) is 5.82 Å². The van der Waals surface area contributed by atoms with Gasteiger partial charge in [0.1, 0.15) is 5.82 Å². The van der Waals surface area contributed by atoms with Crippen LogP contribution in [0.5, 0.6) is 0 Å². The molecule has 1 N–H and O–H groups in total. The Morgan fingerprint density at radius 1 is 1.00 bits per heavy atom. The van der Waals surface area contributed by atoms with Gasteiger partial charge in [0.15, 0.2) is 0 Å². The average Bonchev–Trinajstić information content (AvgIpc) is 2.37. The second-order valence-electron chi connectivity index (χ2n) is 4.04. The monoisotopic (exact) mass is 284 g/mol. The van der Waals surface area contributed by atoms with Crippen molar-refractivity contribution in [2.24, 2.45) is 0 Å². The second-order valence-corrected chi connectivity index (χ2v) is 4.04. The summed E-state index contributed by atoms with van der Waals surface area (Å²) in [6, 6.07) is 7.08. The smallest absolute Gasteiger partial charge is 0.417 e. The molecule has 2 rings (SSSR count). The summed E-state index contributed by atoms with van der Waals surface area (Å²) >= 11 is 0. The van der Waals surface area contributed by atoms with Crippen LogP contribution < -0.4 is 0 Å². The predicted molar refractivity (Wildman–Crippen MR) is 63.8 cm³/mol. The summed E-state index contributed by atoms with van der Waals surface area (Å²) in [6.45, 7) is 0. The summed E-state index contributed by atoms with van der Waals surface area (Å²) in [6.07, 6.45) is -4.65. The highest BCUT2D eigenvalue weighted by molar-refractivity contribution is 5.96. The number of carbonyl (C=O) groups is 1. The summed E-state index contributed by atoms with van der Waals surface area (Å²) in [5.41, 5.74) is -2.06. The molecule has 2 aromatic rings. The Morgan fingerprint density at radius 3 is 2.25 bits per heavy atom. The zero-order valence-electron chi connectivity index (χ0n) is 9.91. The third-order valence-electron chi connectivity index (χ3n) is 2.73. The van der Waals surface area contributed by atoms with E-state index in [0.717, 1.165) is 30.3 Å². The van der Waals surface area contributed by atoms with Gasteiger partial charge in [-0.25, -0.2) is 9.18 Å². The molecule has 0 bridgehead atoms. The van der Waals surface area contributed by atoms with Gasteiger partial charge in [-0.15, -0.1) is 0 Å². The Labute approximate surface area is 111 Å². The van der Waals surface area contributed by atoms with Gasteiger partial charge in [0.2, 0.25) is 0 Å². The molecule has 0 unspecified atom stereocenters. The quantitative estimate of drug-likeness (QED) is 0.839. The molecular weight excluding hydrogens is 276 g/mol. The molecule has 6 heteroatoms. The molecule has 2 nitrogen and oxygen atoms in total. The van der Waals surface area contributed by atoms with E-state index in [2.05, 4.69) is 0 Å². The van der Waals surface area contributed by atoms with Crippen LogP contribution in [0.2, 0.25) is 0 Å². The van der Waals surface area contributed by atoms with Crippen molar-refractivity contribution in [1.29, 1.82) is 0 Å². The van der Waals surface area contributed by atoms with Crippen LogP contribution in [-0.2, 0) is 6.18 Å². The van der Waals surface area contributed by atoms with Gasteiger partial charge in [-0.3, -0.25) is 0 Å². The fourth-order valence-corrected chi connectivity index (χ4v) is 1.89. The number of halogens is 4. The molecule has 20 heavy (non-hydrogen) atoms. The lowest BCUT2D eigenvalue weighted by Gasteiger charge is -2.14. The molecule has 2 aromatic carbocycles. The zero-order valence-corrected chi connectivity index (χ0v) is 9.91. The first-order valence-electron chi connectivity index (χ1n) is 5.50. The molecular formula is C14H8F4O2. The van der Waals surface area contributed by atoms with E-state index in [-0.39, 0.29) is 16.7 Å².